The van der Waals surface area contributed by atoms with Gasteiger partial charge in [-0.05, 0) is 13.0 Å². The van der Waals surface area contributed by atoms with E-state index in [1.165, 1.54) is 12.3 Å². The molecule has 0 spiro atoms. The normalized spacial score (nSPS) is 13.8. The quantitative estimate of drug-likeness (QED) is 0.337. The molecule has 0 aromatic heterocycles. The van der Waals surface area contributed by atoms with E-state index in [1.54, 1.807) is 6.08 Å². The standard InChI is InChI=1S/C6H11NO/c1-3-5-8-6(7)4-2/h3-6H,2,7H2,1H3/b5-3-. The molecule has 2 N–H and O–H groups in total. The maximum atomic E-state index is 5.27. The Morgan fingerprint density at radius 3 is 2.75 bits per heavy atom. The first-order chi connectivity index (χ1) is 3.81. The average molecular weight is 113 g/mol. The second kappa shape index (κ2) is 4.40. The Morgan fingerprint density at radius 1 is 1.75 bits per heavy atom. The summed E-state index contributed by atoms with van der Waals surface area (Å²) in [6.07, 6.45) is 4.46. The van der Waals surface area contributed by atoms with Crippen molar-refractivity contribution in [1.82, 2.24) is 0 Å². The van der Waals surface area contributed by atoms with Crippen molar-refractivity contribution in [1.29, 1.82) is 0 Å². The van der Waals surface area contributed by atoms with E-state index in [0.717, 1.165) is 0 Å². The highest BCUT2D eigenvalue weighted by Crippen LogP contribution is 1.83. The van der Waals surface area contributed by atoms with Gasteiger partial charge in [-0.25, -0.2) is 0 Å². The zero-order valence-corrected chi connectivity index (χ0v) is 5.00. The van der Waals surface area contributed by atoms with Crippen molar-refractivity contribution in [3.63, 3.8) is 0 Å². The van der Waals surface area contributed by atoms with Gasteiger partial charge in [0.1, 0.15) is 0 Å². The van der Waals surface area contributed by atoms with E-state index < -0.39 is 0 Å². The summed E-state index contributed by atoms with van der Waals surface area (Å²) in [5.74, 6) is 0. The molecule has 0 aliphatic heterocycles. The fourth-order valence-electron chi connectivity index (χ4n) is 0.225. The summed E-state index contributed by atoms with van der Waals surface area (Å²) in [5, 5.41) is 0. The van der Waals surface area contributed by atoms with Crippen LogP contribution in [0.15, 0.2) is 25.0 Å². The van der Waals surface area contributed by atoms with Crippen LogP contribution in [0.25, 0.3) is 0 Å². The Hall–Kier alpha value is -0.760. The van der Waals surface area contributed by atoms with Crippen molar-refractivity contribution in [3.8, 4) is 0 Å². The van der Waals surface area contributed by atoms with Crippen LogP contribution in [0.5, 0.6) is 0 Å². The lowest BCUT2D eigenvalue weighted by Crippen LogP contribution is -2.17. The van der Waals surface area contributed by atoms with E-state index in [1.807, 2.05) is 6.92 Å². The maximum absolute atomic E-state index is 5.27. The van der Waals surface area contributed by atoms with E-state index in [4.69, 9.17) is 10.5 Å². The van der Waals surface area contributed by atoms with Crippen molar-refractivity contribution < 1.29 is 4.74 Å². The first kappa shape index (κ1) is 7.24. The van der Waals surface area contributed by atoms with Gasteiger partial charge < -0.3 is 4.74 Å². The summed E-state index contributed by atoms with van der Waals surface area (Å²) < 4.78 is 4.82. The van der Waals surface area contributed by atoms with Crippen molar-refractivity contribution in [3.05, 3.63) is 25.0 Å². The predicted molar refractivity (Wildman–Crippen MR) is 34.1 cm³/mol. The first-order valence-electron chi connectivity index (χ1n) is 2.46. The Bertz CT molecular complexity index is 88.5. The fraction of sp³-hybridized carbons (Fsp3) is 0.333. The van der Waals surface area contributed by atoms with E-state index in [9.17, 15) is 0 Å². The third kappa shape index (κ3) is 3.43. The molecule has 1 atom stereocenters. The zero-order valence-electron chi connectivity index (χ0n) is 5.00. The number of nitrogens with two attached hydrogens (primary N) is 1. The second-order valence-corrected chi connectivity index (χ2v) is 1.31. The predicted octanol–water partition coefficient (Wildman–Crippen LogP) is 1.01. The molecule has 0 rings (SSSR count). The monoisotopic (exact) mass is 113 g/mol. The number of hydrogen-bond acceptors (Lipinski definition) is 2. The summed E-state index contributed by atoms with van der Waals surface area (Å²) in [6, 6.07) is 0. The highest BCUT2D eigenvalue weighted by atomic mass is 16.5. The third-order valence-corrected chi connectivity index (χ3v) is 0.604. The minimum absolute atomic E-state index is 0.369. The van der Waals surface area contributed by atoms with Gasteiger partial charge in [-0.2, -0.15) is 0 Å². The van der Waals surface area contributed by atoms with Gasteiger partial charge in [0.25, 0.3) is 0 Å². The van der Waals surface area contributed by atoms with E-state index in [2.05, 4.69) is 6.58 Å². The highest BCUT2D eigenvalue weighted by Gasteiger charge is 1.86. The van der Waals surface area contributed by atoms with Gasteiger partial charge in [0, 0.05) is 0 Å². The first-order valence-corrected chi connectivity index (χ1v) is 2.46. The van der Waals surface area contributed by atoms with Gasteiger partial charge in [0.2, 0.25) is 0 Å². The molecule has 0 bridgehead atoms. The molecule has 0 amide bonds. The molecule has 0 fully saturated rings. The molecule has 0 aliphatic carbocycles. The lowest BCUT2D eigenvalue weighted by Gasteiger charge is -2.02. The molecule has 1 unspecified atom stereocenters. The summed E-state index contributed by atoms with van der Waals surface area (Å²) in [5.41, 5.74) is 5.27. The minimum atomic E-state index is -0.369. The molecule has 2 nitrogen and oxygen atoms in total. The molecular formula is C6H11NO. The summed E-state index contributed by atoms with van der Waals surface area (Å²) in [6.45, 7) is 5.29. The molecule has 46 valence electrons. The molecule has 0 aromatic rings. The van der Waals surface area contributed by atoms with E-state index >= 15 is 0 Å². The number of allylic oxidation sites excluding steroid dienone is 1. The van der Waals surface area contributed by atoms with Gasteiger partial charge >= 0.3 is 0 Å². The number of rotatable bonds is 3. The molecule has 0 heterocycles. The van der Waals surface area contributed by atoms with Crippen LogP contribution >= 0.6 is 0 Å². The highest BCUT2D eigenvalue weighted by molar-refractivity contribution is 4.77. The Morgan fingerprint density at radius 2 is 2.38 bits per heavy atom. The largest absolute Gasteiger partial charge is 0.480 e. The molecule has 0 saturated heterocycles. The van der Waals surface area contributed by atoms with Crippen LogP contribution in [0.4, 0.5) is 0 Å². The fourth-order valence-corrected chi connectivity index (χ4v) is 0.225. The maximum Gasteiger partial charge on any atom is 0.165 e. The van der Waals surface area contributed by atoms with Crippen molar-refractivity contribution >= 4 is 0 Å². The summed E-state index contributed by atoms with van der Waals surface area (Å²) >= 11 is 0. The summed E-state index contributed by atoms with van der Waals surface area (Å²) in [7, 11) is 0. The van der Waals surface area contributed by atoms with Gasteiger partial charge in [-0.1, -0.05) is 12.7 Å². The van der Waals surface area contributed by atoms with Gasteiger partial charge in [0.15, 0.2) is 6.23 Å². The zero-order chi connectivity index (χ0) is 6.41. The van der Waals surface area contributed by atoms with Crippen LogP contribution in [0.2, 0.25) is 0 Å². The lowest BCUT2D eigenvalue weighted by molar-refractivity contribution is 0.193. The summed E-state index contributed by atoms with van der Waals surface area (Å²) in [4.78, 5) is 0. The van der Waals surface area contributed by atoms with Crippen LogP contribution in [0, 0.1) is 0 Å². The SMILES string of the molecule is C=CC(N)O/C=C\C. The van der Waals surface area contributed by atoms with Crippen LogP contribution < -0.4 is 5.73 Å². The Balaban J connectivity index is 3.23. The number of hydrogen-bond donors (Lipinski definition) is 1. The topological polar surface area (TPSA) is 35.2 Å². The molecule has 0 saturated carbocycles. The average Bonchev–Trinajstić information content (AvgIpc) is 1.83. The second-order valence-electron chi connectivity index (χ2n) is 1.31. The van der Waals surface area contributed by atoms with Gasteiger partial charge in [-0.15, -0.1) is 0 Å². The van der Waals surface area contributed by atoms with Crippen LogP contribution in [0.1, 0.15) is 6.92 Å². The van der Waals surface area contributed by atoms with Crippen molar-refractivity contribution in [2.45, 2.75) is 13.2 Å². The molecule has 8 heavy (non-hydrogen) atoms. The molecule has 0 aliphatic rings. The lowest BCUT2D eigenvalue weighted by atomic mass is 10.6. The third-order valence-electron chi connectivity index (χ3n) is 0.604. The van der Waals surface area contributed by atoms with Crippen LogP contribution in [-0.2, 0) is 4.74 Å². The van der Waals surface area contributed by atoms with Crippen LogP contribution in [-0.4, -0.2) is 6.23 Å². The minimum Gasteiger partial charge on any atom is -0.480 e. The van der Waals surface area contributed by atoms with E-state index in [0.29, 0.717) is 0 Å². The number of ether oxygens (including phenoxy) is 1. The van der Waals surface area contributed by atoms with Crippen LogP contribution in [0.3, 0.4) is 0 Å². The molecule has 0 radical (unpaired) electrons. The van der Waals surface area contributed by atoms with E-state index in [-0.39, 0.29) is 6.23 Å². The molecule has 2 heteroatoms. The van der Waals surface area contributed by atoms with Crippen molar-refractivity contribution in [2.75, 3.05) is 0 Å². The molecular weight excluding hydrogens is 102 g/mol. The molecule has 0 aromatic carbocycles. The Kier molecular flexibility index (Phi) is 3.98. The van der Waals surface area contributed by atoms with Crippen molar-refractivity contribution in [2.24, 2.45) is 5.73 Å². The smallest absolute Gasteiger partial charge is 0.165 e. The van der Waals surface area contributed by atoms with Gasteiger partial charge in [-0.3, -0.25) is 5.73 Å². The van der Waals surface area contributed by atoms with Gasteiger partial charge in [0.05, 0.1) is 6.26 Å². The Labute approximate surface area is 49.6 Å².